The molecule has 0 bridgehead atoms. The smallest absolute Gasteiger partial charge is 0.187 e. The first kappa shape index (κ1) is 56.9. The molecule has 30 atom stereocenters. The van der Waals surface area contributed by atoms with Crippen LogP contribution in [0.25, 0.3) is 0 Å². The summed E-state index contributed by atoms with van der Waals surface area (Å²) in [6.45, 7) is 17.6. The van der Waals surface area contributed by atoms with Gasteiger partial charge < -0.3 is 104 Å². The largest absolute Gasteiger partial charge is 0.394 e. The van der Waals surface area contributed by atoms with E-state index in [2.05, 4.69) is 41.5 Å². The maximum Gasteiger partial charge on any atom is 0.187 e. The Hall–Kier alpha value is -0.840. The second kappa shape index (κ2) is 20.1. The third-order valence-corrected chi connectivity index (χ3v) is 21.5. The lowest BCUT2D eigenvalue weighted by molar-refractivity contribution is -0.371. The van der Waals surface area contributed by atoms with Gasteiger partial charge in [0.15, 0.2) is 25.2 Å². The van der Waals surface area contributed by atoms with Crippen molar-refractivity contribution in [3.8, 4) is 0 Å². The summed E-state index contributed by atoms with van der Waals surface area (Å²) in [6.07, 6.45) is -22.5. The molecule has 21 nitrogen and oxygen atoms in total. The first-order valence-corrected chi connectivity index (χ1v) is 26.9. The first-order chi connectivity index (χ1) is 34.0. The van der Waals surface area contributed by atoms with Crippen molar-refractivity contribution >= 4 is 0 Å². The van der Waals surface area contributed by atoms with Gasteiger partial charge in [-0.2, -0.15) is 0 Å². The van der Waals surface area contributed by atoms with E-state index in [0.717, 1.165) is 19.3 Å². The van der Waals surface area contributed by atoms with Gasteiger partial charge in [0.05, 0.1) is 49.8 Å². The Morgan fingerprint density at radius 2 is 1.10 bits per heavy atom. The molecule has 73 heavy (non-hydrogen) atoms. The zero-order valence-electron chi connectivity index (χ0n) is 43.9. The molecule has 9 rings (SSSR count). The number of ether oxygens (including phenoxy) is 8. The van der Waals surface area contributed by atoms with Gasteiger partial charge in [0.25, 0.3) is 0 Å². The van der Waals surface area contributed by atoms with Crippen LogP contribution in [-0.4, -0.2) is 221 Å². The average molecular weight is 1050 g/mol. The van der Waals surface area contributed by atoms with E-state index in [1.165, 1.54) is 6.92 Å². The highest BCUT2D eigenvalue weighted by atomic mass is 16.8. The zero-order chi connectivity index (χ0) is 53.4. The molecule has 0 aromatic heterocycles. The van der Waals surface area contributed by atoms with E-state index in [1.54, 1.807) is 0 Å². The van der Waals surface area contributed by atoms with Crippen LogP contribution in [0.1, 0.15) is 114 Å². The maximum absolute atomic E-state index is 12.8. The Morgan fingerprint density at radius 1 is 0.534 bits per heavy atom. The van der Waals surface area contributed by atoms with Crippen molar-refractivity contribution in [1.29, 1.82) is 0 Å². The van der Waals surface area contributed by atoms with Gasteiger partial charge in [-0.25, -0.2) is 0 Å². The normalized spacial score (nSPS) is 57.3. The van der Waals surface area contributed by atoms with E-state index >= 15 is 0 Å². The molecular formula is C52H88O21. The Kier molecular flexibility index (Phi) is 15.6. The third-order valence-electron chi connectivity index (χ3n) is 21.5. The van der Waals surface area contributed by atoms with Gasteiger partial charge in [0, 0.05) is 0 Å². The fourth-order valence-corrected chi connectivity index (χ4v) is 17.7. The van der Waals surface area contributed by atoms with Crippen LogP contribution in [0.4, 0.5) is 0 Å². The summed E-state index contributed by atoms with van der Waals surface area (Å²) in [5.41, 5.74) is -3.58. The molecule has 9 fully saturated rings. The molecule has 0 aromatic rings. The van der Waals surface area contributed by atoms with E-state index in [-0.39, 0.29) is 48.2 Å². The second-order valence-electron chi connectivity index (χ2n) is 26.0. The molecule has 4 aliphatic heterocycles. The van der Waals surface area contributed by atoms with Crippen molar-refractivity contribution in [1.82, 2.24) is 0 Å². The summed E-state index contributed by atoms with van der Waals surface area (Å²) in [5, 5.41) is 142. The minimum absolute atomic E-state index is 0.0825. The van der Waals surface area contributed by atoms with E-state index < -0.39 is 163 Å². The summed E-state index contributed by atoms with van der Waals surface area (Å²) in [7, 11) is 0. The van der Waals surface area contributed by atoms with Crippen molar-refractivity contribution in [2.75, 3.05) is 19.8 Å². The first-order valence-electron chi connectivity index (χ1n) is 26.9. The number of fused-ring (bicyclic) bond motifs is 7. The molecular weight excluding hydrogens is 961 g/mol. The van der Waals surface area contributed by atoms with Gasteiger partial charge in [0.1, 0.15) is 79.4 Å². The number of hydrogen-bond acceptors (Lipinski definition) is 21. The Balaban J connectivity index is 1.01. The molecule has 5 saturated carbocycles. The van der Waals surface area contributed by atoms with Crippen LogP contribution in [0.2, 0.25) is 0 Å². The zero-order valence-corrected chi connectivity index (χ0v) is 43.9. The molecule has 422 valence electrons. The minimum atomic E-state index is -1.70. The molecule has 9 aliphatic rings. The summed E-state index contributed by atoms with van der Waals surface area (Å²) >= 11 is 0. The quantitative estimate of drug-likeness (QED) is 0.114. The predicted molar refractivity (Wildman–Crippen MR) is 252 cm³/mol. The molecule has 0 unspecified atom stereocenters. The second-order valence-corrected chi connectivity index (χ2v) is 26.0. The molecule has 0 amide bonds. The molecule has 13 N–H and O–H groups in total. The highest BCUT2D eigenvalue weighted by molar-refractivity contribution is 5.23. The molecule has 0 spiro atoms. The van der Waals surface area contributed by atoms with Gasteiger partial charge in [-0.3, -0.25) is 0 Å². The van der Waals surface area contributed by atoms with Crippen LogP contribution in [-0.2, 0) is 37.9 Å². The van der Waals surface area contributed by atoms with E-state index in [4.69, 9.17) is 37.9 Å². The van der Waals surface area contributed by atoms with Crippen LogP contribution in [0.15, 0.2) is 0 Å². The summed E-state index contributed by atoms with van der Waals surface area (Å²) < 4.78 is 50.1. The van der Waals surface area contributed by atoms with Crippen molar-refractivity contribution in [2.45, 2.75) is 248 Å². The van der Waals surface area contributed by atoms with E-state index in [9.17, 15) is 66.4 Å². The van der Waals surface area contributed by atoms with Gasteiger partial charge in [-0.05, 0) is 129 Å². The fraction of sp³-hybridized carbons (Fsp3) is 1.00. The monoisotopic (exact) mass is 1050 g/mol. The Morgan fingerprint density at radius 3 is 1.75 bits per heavy atom. The number of hydrogen-bond donors (Lipinski definition) is 13. The third kappa shape index (κ3) is 9.03. The highest BCUT2D eigenvalue weighted by Crippen LogP contribution is 2.78. The van der Waals surface area contributed by atoms with Crippen molar-refractivity contribution in [3.05, 3.63) is 0 Å². The highest BCUT2D eigenvalue weighted by Gasteiger charge is 2.75. The maximum atomic E-state index is 12.8. The van der Waals surface area contributed by atoms with Crippen molar-refractivity contribution in [3.63, 3.8) is 0 Å². The van der Waals surface area contributed by atoms with E-state index in [1.807, 2.05) is 13.8 Å². The number of aliphatic hydroxyl groups is 13. The Labute approximate surface area is 428 Å². The van der Waals surface area contributed by atoms with Crippen LogP contribution >= 0.6 is 0 Å². The van der Waals surface area contributed by atoms with Crippen LogP contribution < -0.4 is 0 Å². The van der Waals surface area contributed by atoms with Crippen LogP contribution in [0.3, 0.4) is 0 Å². The SMILES string of the molecule is C[C@@H]1O[C@@H](O[C@H]2[C@H](O[C@H]3CC[C@]4(C)[C@H]5CC[C@@H]6[C@@]7(C)CC[C@@H](C(C)(C)O[C@@H]8O[C@H](CO)[C@@H](O)[C@H](O)[C@H]8O)[C@@H]7[C@@H](O)C[C@@]6(C)[C@]5(C)C[C@H](O[C@@H]5OC[C@@H](O)[C@H](O)[C@H]5O)[C@H]4C3(C)C)OC[C@@H](O)[C@@H]2O)[C@H](O)[C@H](O)[C@H]1O. The molecule has 0 radical (unpaired) electrons. The van der Waals surface area contributed by atoms with Crippen molar-refractivity contribution in [2.24, 2.45) is 56.7 Å². The number of rotatable bonds is 10. The molecule has 4 heterocycles. The van der Waals surface area contributed by atoms with Gasteiger partial charge in [-0.15, -0.1) is 0 Å². The molecule has 0 aromatic carbocycles. The topological polar surface area (TPSA) is 337 Å². The summed E-state index contributed by atoms with van der Waals surface area (Å²) in [4.78, 5) is 0. The lowest BCUT2D eigenvalue weighted by atomic mass is 9.31. The molecule has 4 saturated heterocycles. The lowest BCUT2D eigenvalue weighted by Gasteiger charge is -2.75. The number of aliphatic hydroxyl groups excluding tert-OH is 13. The standard InChI is InChI=1S/C52H88O21/c1-21-32(57)36(61)39(64)44(68-21)72-41-34(59)25(56)20-67-46(41)71-30-13-15-50(7)29-11-10-28-49(6)14-12-22(48(4,5)73-45-40(65)37(62)35(60)27(18-53)70-45)31(49)23(54)16-51(28,8)52(29,9)17-26(42(50)47(30,2)3)69-43-38(63)33(58)24(55)19-66-43/h21-46,53-65H,10-20H2,1-9H3/t21-,22+,23-,24+,25+,26-,27+,28+,29+,30-,31+,32-,33-,34-,35+,36+,37-,38+,39+,40+,41+,42-,43-,44-,45-,46-,49+,50+,51+,52+/m0/s1. The summed E-state index contributed by atoms with van der Waals surface area (Å²) in [6, 6.07) is 0. The lowest BCUT2D eigenvalue weighted by Crippen LogP contribution is -2.72. The fourth-order valence-electron chi connectivity index (χ4n) is 17.7. The van der Waals surface area contributed by atoms with Gasteiger partial charge in [0.2, 0.25) is 0 Å². The van der Waals surface area contributed by atoms with Gasteiger partial charge in [-0.1, -0.05) is 41.5 Å². The van der Waals surface area contributed by atoms with Crippen LogP contribution in [0.5, 0.6) is 0 Å². The average Bonchev–Trinajstić information content (AvgIpc) is 3.70. The van der Waals surface area contributed by atoms with Gasteiger partial charge >= 0.3 is 0 Å². The van der Waals surface area contributed by atoms with Crippen molar-refractivity contribution < 1.29 is 104 Å². The Bertz CT molecular complexity index is 1930. The minimum Gasteiger partial charge on any atom is -0.394 e. The summed E-state index contributed by atoms with van der Waals surface area (Å²) in [5.74, 6) is -0.542. The molecule has 5 aliphatic carbocycles. The van der Waals surface area contributed by atoms with Crippen LogP contribution in [0, 0.1) is 56.7 Å². The molecule has 21 heteroatoms. The van der Waals surface area contributed by atoms with E-state index in [0.29, 0.717) is 32.1 Å². The predicted octanol–water partition coefficient (Wildman–Crippen LogP) is -1.24.